The molecule has 1 aliphatic rings. The Kier molecular flexibility index (Phi) is 6.00. The lowest BCUT2D eigenvalue weighted by molar-refractivity contribution is -0.137. The van der Waals surface area contributed by atoms with Gasteiger partial charge in [0.2, 0.25) is 0 Å². The van der Waals surface area contributed by atoms with E-state index < -0.39 is 17.6 Å². The zero-order chi connectivity index (χ0) is 22.2. The fraction of sp³-hybridized carbons (Fsp3) is 0.0476. The number of amidine groups is 1. The molecule has 4 nitrogen and oxygen atoms in total. The van der Waals surface area contributed by atoms with Crippen molar-refractivity contribution >= 4 is 62.1 Å². The Hall–Kier alpha value is -2.49. The lowest BCUT2D eigenvalue weighted by Crippen LogP contribution is -2.19. The average Bonchev–Trinajstić information content (AvgIpc) is 3.30. The molecule has 0 bridgehead atoms. The summed E-state index contributed by atoms with van der Waals surface area (Å²) in [5.41, 5.74) is -0.0914. The van der Waals surface area contributed by atoms with Gasteiger partial charge in [0.15, 0.2) is 5.17 Å². The first-order valence-corrected chi connectivity index (χ1v) is 10.7. The third kappa shape index (κ3) is 5.06. The smallest absolute Gasteiger partial charge is 0.416 e. The number of alkyl halides is 3. The molecule has 1 saturated heterocycles. The van der Waals surface area contributed by atoms with Crippen molar-refractivity contribution in [1.82, 2.24) is 5.32 Å². The van der Waals surface area contributed by atoms with Crippen LogP contribution in [0.4, 0.5) is 18.9 Å². The predicted octanol–water partition coefficient (Wildman–Crippen LogP) is 7.27. The van der Waals surface area contributed by atoms with Gasteiger partial charge in [0.05, 0.1) is 21.2 Å². The first-order valence-electron chi connectivity index (χ1n) is 8.71. The highest BCUT2D eigenvalue weighted by molar-refractivity contribution is 9.10. The monoisotopic (exact) mass is 526 g/mol. The molecule has 0 saturated carbocycles. The van der Waals surface area contributed by atoms with Crippen LogP contribution < -0.4 is 5.32 Å². The molecular weight excluding hydrogens is 517 g/mol. The zero-order valence-electron chi connectivity index (χ0n) is 15.3. The second-order valence-corrected chi connectivity index (χ2v) is 8.71. The minimum Gasteiger partial charge on any atom is -0.457 e. The van der Waals surface area contributed by atoms with E-state index in [2.05, 4.69) is 26.2 Å². The number of hydrogen-bond acceptors (Lipinski definition) is 4. The van der Waals surface area contributed by atoms with E-state index in [0.29, 0.717) is 16.4 Å². The molecule has 3 aromatic rings. The minimum absolute atomic E-state index is 0.0398. The van der Waals surface area contributed by atoms with Crippen LogP contribution in [0.15, 0.2) is 73.4 Å². The van der Waals surface area contributed by atoms with Crippen LogP contribution in [-0.2, 0) is 11.0 Å². The van der Waals surface area contributed by atoms with Gasteiger partial charge < -0.3 is 9.73 Å². The number of benzene rings is 2. The molecule has 0 radical (unpaired) electrons. The molecule has 1 fully saturated rings. The van der Waals surface area contributed by atoms with Gasteiger partial charge in [0.1, 0.15) is 11.5 Å². The van der Waals surface area contributed by atoms with E-state index in [9.17, 15) is 18.0 Å². The highest BCUT2D eigenvalue weighted by Crippen LogP contribution is 2.37. The molecule has 158 valence electrons. The van der Waals surface area contributed by atoms with E-state index in [1.165, 1.54) is 0 Å². The second-order valence-electron chi connectivity index (χ2n) is 6.35. The number of thioether (sulfide) groups is 1. The Bertz CT molecular complexity index is 1220. The van der Waals surface area contributed by atoms with Crippen LogP contribution in [0.1, 0.15) is 11.3 Å². The number of amides is 1. The van der Waals surface area contributed by atoms with E-state index in [-0.39, 0.29) is 15.9 Å². The van der Waals surface area contributed by atoms with Crippen molar-refractivity contribution in [1.29, 1.82) is 0 Å². The third-order valence-corrected chi connectivity index (χ3v) is 5.93. The van der Waals surface area contributed by atoms with Gasteiger partial charge in [-0.1, -0.05) is 39.7 Å². The highest BCUT2D eigenvalue weighted by atomic mass is 79.9. The van der Waals surface area contributed by atoms with E-state index in [1.54, 1.807) is 18.2 Å². The first-order chi connectivity index (χ1) is 14.7. The summed E-state index contributed by atoms with van der Waals surface area (Å²) in [6, 6.07) is 13.9. The van der Waals surface area contributed by atoms with Gasteiger partial charge in [-0.15, -0.1) is 0 Å². The molecular formula is C21H11BrClF3N2O2S. The number of halogens is 5. The van der Waals surface area contributed by atoms with Gasteiger partial charge in [0.25, 0.3) is 5.91 Å². The van der Waals surface area contributed by atoms with Crippen LogP contribution in [-0.4, -0.2) is 11.1 Å². The summed E-state index contributed by atoms with van der Waals surface area (Å²) < 4.78 is 45.5. The molecule has 0 atom stereocenters. The Labute approximate surface area is 192 Å². The number of aliphatic imine (C=N–C) groups is 1. The summed E-state index contributed by atoms with van der Waals surface area (Å²) in [5, 5.41) is 2.68. The van der Waals surface area contributed by atoms with Crippen molar-refractivity contribution < 1.29 is 22.4 Å². The molecule has 31 heavy (non-hydrogen) atoms. The van der Waals surface area contributed by atoms with Crippen molar-refractivity contribution in [3.05, 3.63) is 80.3 Å². The van der Waals surface area contributed by atoms with Crippen LogP contribution in [0.3, 0.4) is 0 Å². The summed E-state index contributed by atoms with van der Waals surface area (Å²) in [4.78, 5) is 16.6. The molecule has 0 unspecified atom stereocenters. The molecule has 4 rings (SSSR count). The maximum atomic E-state index is 12.9. The van der Waals surface area contributed by atoms with Crippen LogP contribution in [0.25, 0.3) is 17.4 Å². The Morgan fingerprint density at radius 2 is 1.84 bits per heavy atom. The van der Waals surface area contributed by atoms with Crippen molar-refractivity contribution in [2.24, 2.45) is 4.99 Å². The summed E-state index contributed by atoms with van der Waals surface area (Å²) in [7, 11) is 0. The number of carbonyl (C=O) groups is 1. The summed E-state index contributed by atoms with van der Waals surface area (Å²) in [6.45, 7) is 0. The number of nitrogens with zero attached hydrogens (tertiary/aromatic N) is 1. The SMILES string of the molecule is O=C1NC(=Nc2cc(C(F)(F)F)ccc2Cl)SC1=Cc1ccc(-c2ccc(Br)cc2)o1. The molecule has 1 amide bonds. The lowest BCUT2D eigenvalue weighted by atomic mass is 10.2. The molecule has 1 aromatic heterocycles. The minimum atomic E-state index is -4.53. The number of rotatable bonds is 3. The third-order valence-electron chi connectivity index (χ3n) is 4.18. The Morgan fingerprint density at radius 1 is 1.10 bits per heavy atom. The van der Waals surface area contributed by atoms with E-state index in [4.69, 9.17) is 16.0 Å². The quantitative estimate of drug-likeness (QED) is 0.364. The van der Waals surface area contributed by atoms with Crippen molar-refractivity contribution in [3.8, 4) is 11.3 Å². The van der Waals surface area contributed by atoms with Crippen molar-refractivity contribution in [2.75, 3.05) is 0 Å². The van der Waals surface area contributed by atoms with Gasteiger partial charge in [-0.05, 0) is 54.2 Å². The molecule has 2 heterocycles. The van der Waals surface area contributed by atoms with Crippen LogP contribution in [0, 0.1) is 0 Å². The lowest BCUT2D eigenvalue weighted by Gasteiger charge is -2.08. The average molecular weight is 528 g/mol. The van der Waals surface area contributed by atoms with Gasteiger partial charge in [-0.2, -0.15) is 13.2 Å². The maximum absolute atomic E-state index is 12.9. The van der Waals surface area contributed by atoms with E-state index in [0.717, 1.165) is 40.0 Å². The maximum Gasteiger partial charge on any atom is 0.416 e. The summed E-state index contributed by atoms with van der Waals surface area (Å²) >= 11 is 10.3. The van der Waals surface area contributed by atoms with Crippen LogP contribution in [0.2, 0.25) is 5.02 Å². The number of furan rings is 1. The molecule has 10 heteroatoms. The van der Waals surface area contributed by atoms with Crippen molar-refractivity contribution in [2.45, 2.75) is 6.18 Å². The molecule has 0 spiro atoms. The van der Waals surface area contributed by atoms with Crippen LogP contribution >= 0.6 is 39.3 Å². The Balaban J connectivity index is 1.56. The van der Waals surface area contributed by atoms with Crippen LogP contribution in [0.5, 0.6) is 0 Å². The highest BCUT2D eigenvalue weighted by Gasteiger charge is 2.31. The van der Waals surface area contributed by atoms with Gasteiger partial charge in [-0.25, -0.2) is 4.99 Å². The number of nitrogens with one attached hydrogen (secondary N) is 1. The number of carbonyl (C=O) groups excluding carboxylic acids is 1. The van der Waals surface area contributed by atoms with E-state index in [1.807, 2.05) is 24.3 Å². The van der Waals surface area contributed by atoms with Gasteiger partial charge in [0, 0.05) is 16.1 Å². The fourth-order valence-corrected chi connectivity index (χ4v) is 3.93. The van der Waals surface area contributed by atoms with Gasteiger partial charge >= 0.3 is 6.18 Å². The topological polar surface area (TPSA) is 54.6 Å². The Morgan fingerprint density at radius 3 is 2.55 bits per heavy atom. The predicted molar refractivity (Wildman–Crippen MR) is 119 cm³/mol. The molecule has 1 aliphatic heterocycles. The standard InChI is InChI=1S/C21H11BrClF3N2O2S/c22-13-4-1-11(2-5-13)17-8-6-14(30-17)10-18-19(29)28-20(31-18)27-16-9-12(21(24,25)26)3-7-15(16)23/h1-10H,(H,27,28,29). The van der Waals surface area contributed by atoms with Crippen molar-refractivity contribution in [3.63, 3.8) is 0 Å². The van der Waals surface area contributed by atoms with E-state index >= 15 is 0 Å². The molecule has 2 aromatic carbocycles. The zero-order valence-corrected chi connectivity index (χ0v) is 18.5. The first kappa shape index (κ1) is 21.7. The largest absolute Gasteiger partial charge is 0.457 e. The molecule has 1 N–H and O–H groups in total. The summed E-state index contributed by atoms with van der Waals surface area (Å²) in [6.07, 6.45) is -2.99. The normalized spacial score (nSPS) is 16.9. The number of hydrogen-bond donors (Lipinski definition) is 1. The molecule has 0 aliphatic carbocycles. The van der Waals surface area contributed by atoms with Gasteiger partial charge in [-0.3, -0.25) is 4.79 Å². The fourth-order valence-electron chi connectivity index (χ4n) is 2.69. The second kappa shape index (κ2) is 8.57. The summed E-state index contributed by atoms with van der Waals surface area (Å²) in [5.74, 6) is 0.648.